The summed E-state index contributed by atoms with van der Waals surface area (Å²) < 4.78 is 0. The highest BCUT2D eigenvalue weighted by atomic mass is 16.3. The van der Waals surface area contributed by atoms with Crippen molar-refractivity contribution >= 4 is 0 Å². The maximum atomic E-state index is 9.83. The molecule has 0 heterocycles. The topological polar surface area (TPSA) is 41.5 Å². The van der Waals surface area contributed by atoms with E-state index in [0.29, 0.717) is 0 Å². The van der Waals surface area contributed by atoms with Crippen molar-refractivity contribution in [1.82, 2.24) is 5.43 Å². The highest BCUT2D eigenvalue weighted by Gasteiger charge is 2.00. The summed E-state index contributed by atoms with van der Waals surface area (Å²) in [5, 5.41) is 2.61. The zero-order chi connectivity index (χ0) is 8.10. The van der Waals surface area contributed by atoms with Crippen LogP contribution in [-0.2, 0) is 0 Å². The number of benzene rings is 1. The molecule has 0 unspecified atom stereocenters. The van der Waals surface area contributed by atoms with Crippen molar-refractivity contribution in [2.24, 2.45) is 5.29 Å². The van der Waals surface area contributed by atoms with Crippen LogP contribution in [0, 0.1) is 4.91 Å². The second kappa shape index (κ2) is 3.71. The molecule has 0 spiro atoms. The highest BCUT2D eigenvalue weighted by Crippen LogP contribution is 2.10. The van der Waals surface area contributed by atoms with E-state index in [4.69, 9.17) is 0 Å². The Morgan fingerprint density at radius 1 is 1.36 bits per heavy atom. The molecule has 0 amide bonds. The molecule has 11 heavy (non-hydrogen) atoms. The second-order valence-corrected chi connectivity index (χ2v) is 2.35. The lowest BCUT2D eigenvalue weighted by atomic mass is 10.1. The van der Waals surface area contributed by atoms with Gasteiger partial charge >= 0.3 is 0 Å². The smallest absolute Gasteiger partial charge is 0.0693 e. The third kappa shape index (κ3) is 2.04. The van der Waals surface area contributed by atoms with Gasteiger partial charge in [0.25, 0.3) is 0 Å². The van der Waals surface area contributed by atoms with Gasteiger partial charge in [-0.1, -0.05) is 30.3 Å². The van der Waals surface area contributed by atoms with Crippen LogP contribution in [0.1, 0.15) is 18.5 Å². The number of nitrogens with zero attached hydrogens (tertiary/aromatic N) is 1. The lowest BCUT2D eigenvalue weighted by molar-refractivity contribution is 0.600. The molecular weight excluding hydrogens is 140 g/mol. The molecule has 0 fully saturated rings. The standard InChI is InChI=1S/C8H10N2O/c1-7(9-10-11)8-5-3-2-4-6-8/h2-7H,1H3,(H,9,11)/t7-/m0/s1. The average Bonchev–Trinajstić information content (AvgIpc) is 2.07. The van der Waals surface area contributed by atoms with E-state index in [1.54, 1.807) is 0 Å². The summed E-state index contributed by atoms with van der Waals surface area (Å²) in [5.74, 6) is 0. The fourth-order valence-electron chi connectivity index (χ4n) is 0.895. The predicted octanol–water partition coefficient (Wildman–Crippen LogP) is 2.02. The Labute approximate surface area is 65.4 Å². The van der Waals surface area contributed by atoms with Gasteiger partial charge in [0.1, 0.15) is 0 Å². The second-order valence-electron chi connectivity index (χ2n) is 2.35. The van der Waals surface area contributed by atoms with E-state index < -0.39 is 0 Å². The van der Waals surface area contributed by atoms with Crippen LogP contribution in [0.15, 0.2) is 35.6 Å². The maximum Gasteiger partial charge on any atom is 0.0693 e. The summed E-state index contributed by atoms with van der Waals surface area (Å²) in [6.45, 7) is 1.89. The fraction of sp³-hybridized carbons (Fsp3) is 0.250. The van der Waals surface area contributed by atoms with Gasteiger partial charge in [-0.05, 0) is 12.5 Å². The molecule has 0 aromatic heterocycles. The van der Waals surface area contributed by atoms with Gasteiger partial charge < -0.3 is 0 Å². The van der Waals surface area contributed by atoms with Crippen LogP contribution >= 0.6 is 0 Å². The summed E-state index contributed by atoms with van der Waals surface area (Å²) >= 11 is 0. The molecule has 3 nitrogen and oxygen atoms in total. The Balaban J connectivity index is 2.68. The zero-order valence-electron chi connectivity index (χ0n) is 6.32. The number of hydrogen-bond acceptors (Lipinski definition) is 2. The van der Waals surface area contributed by atoms with Crippen LogP contribution < -0.4 is 5.43 Å². The molecule has 58 valence electrons. The minimum absolute atomic E-state index is 0.00583. The van der Waals surface area contributed by atoms with Crippen molar-refractivity contribution in [2.45, 2.75) is 13.0 Å². The molecule has 0 bridgehead atoms. The quantitative estimate of drug-likeness (QED) is 0.529. The van der Waals surface area contributed by atoms with Gasteiger partial charge in [-0.15, -0.1) is 4.91 Å². The Bertz CT molecular complexity index is 223. The first-order valence-corrected chi connectivity index (χ1v) is 3.47. The Kier molecular flexibility index (Phi) is 2.60. The minimum Gasteiger partial charge on any atom is -0.267 e. The molecule has 1 atom stereocenters. The van der Waals surface area contributed by atoms with Crippen LogP contribution in [0.5, 0.6) is 0 Å². The summed E-state index contributed by atoms with van der Waals surface area (Å²) in [6.07, 6.45) is 0. The van der Waals surface area contributed by atoms with E-state index >= 15 is 0 Å². The first-order valence-electron chi connectivity index (χ1n) is 3.47. The van der Waals surface area contributed by atoms with Gasteiger partial charge in [-0.2, -0.15) is 0 Å². The highest BCUT2D eigenvalue weighted by molar-refractivity contribution is 5.17. The van der Waals surface area contributed by atoms with Gasteiger partial charge in [0.15, 0.2) is 0 Å². The third-order valence-corrected chi connectivity index (χ3v) is 1.55. The number of nitroso groups, excluding NO2 is 1. The van der Waals surface area contributed by atoms with Crippen LogP contribution in [0.25, 0.3) is 0 Å². The summed E-state index contributed by atoms with van der Waals surface area (Å²) in [7, 11) is 0. The van der Waals surface area contributed by atoms with Crippen molar-refractivity contribution in [1.29, 1.82) is 0 Å². The molecule has 1 aromatic carbocycles. The molecule has 0 saturated carbocycles. The van der Waals surface area contributed by atoms with Crippen molar-refractivity contribution in [3.05, 3.63) is 40.8 Å². The monoisotopic (exact) mass is 150 g/mol. The van der Waals surface area contributed by atoms with E-state index in [1.807, 2.05) is 37.3 Å². The SMILES string of the molecule is C[C@H](NN=O)c1ccccc1. The van der Waals surface area contributed by atoms with E-state index in [9.17, 15) is 4.91 Å². The molecule has 0 aliphatic heterocycles. The van der Waals surface area contributed by atoms with Crippen molar-refractivity contribution in [3.63, 3.8) is 0 Å². The molecule has 0 aliphatic rings. The zero-order valence-corrected chi connectivity index (χ0v) is 6.32. The lowest BCUT2D eigenvalue weighted by Gasteiger charge is -2.07. The number of nitrogens with one attached hydrogen (secondary N) is 1. The van der Waals surface area contributed by atoms with Gasteiger partial charge in [-0.25, -0.2) is 0 Å². The Morgan fingerprint density at radius 3 is 2.55 bits per heavy atom. The van der Waals surface area contributed by atoms with Crippen molar-refractivity contribution < 1.29 is 0 Å². The number of rotatable bonds is 3. The van der Waals surface area contributed by atoms with Crippen LogP contribution in [0.3, 0.4) is 0 Å². The van der Waals surface area contributed by atoms with Gasteiger partial charge in [-0.3, -0.25) is 5.43 Å². The Hall–Kier alpha value is -1.38. The molecule has 1 rings (SSSR count). The van der Waals surface area contributed by atoms with Gasteiger partial charge in [0, 0.05) is 0 Å². The molecule has 0 aliphatic carbocycles. The molecule has 0 saturated heterocycles. The first-order chi connectivity index (χ1) is 5.34. The van der Waals surface area contributed by atoms with Crippen LogP contribution in [-0.4, -0.2) is 0 Å². The van der Waals surface area contributed by atoms with Gasteiger partial charge in [0.2, 0.25) is 0 Å². The molecule has 3 heteroatoms. The Morgan fingerprint density at radius 2 is 2.00 bits per heavy atom. The van der Waals surface area contributed by atoms with Crippen LogP contribution in [0.2, 0.25) is 0 Å². The normalized spacial score (nSPS) is 12.1. The van der Waals surface area contributed by atoms with Crippen molar-refractivity contribution in [2.75, 3.05) is 0 Å². The predicted molar refractivity (Wildman–Crippen MR) is 43.8 cm³/mol. The molecular formula is C8H10N2O. The minimum atomic E-state index is -0.00583. The molecule has 0 radical (unpaired) electrons. The molecule has 1 N–H and O–H groups in total. The largest absolute Gasteiger partial charge is 0.267 e. The van der Waals surface area contributed by atoms with Gasteiger partial charge in [0.05, 0.1) is 11.3 Å². The summed E-state index contributed by atoms with van der Waals surface area (Å²) in [5.41, 5.74) is 3.49. The molecule has 1 aromatic rings. The fourth-order valence-corrected chi connectivity index (χ4v) is 0.895. The summed E-state index contributed by atoms with van der Waals surface area (Å²) in [4.78, 5) is 9.83. The van der Waals surface area contributed by atoms with E-state index in [2.05, 4.69) is 10.7 Å². The summed E-state index contributed by atoms with van der Waals surface area (Å²) in [6, 6.07) is 9.68. The van der Waals surface area contributed by atoms with Crippen LogP contribution in [0.4, 0.5) is 0 Å². The van der Waals surface area contributed by atoms with E-state index in [1.165, 1.54) is 0 Å². The van der Waals surface area contributed by atoms with E-state index in [0.717, 1.165) is 5.56 Å². The van der Waals surface area contributed by atoms with Crippen molar-refractivity contribution in [3.8, 4) is 0 Å². The lowest BCUT2D eigenvalue weighted by Crippen LogP contribution is -2.10. The average molecular weight is 150 g/mol. The number of hydrogen-bond donors (Lipinski definition) is 1. The first kappa shape index (κ1) is 7.72. The van der Waals surface area contributed by atoms with E-state index in [-0.39, 0.29) is 6.04 Å². The maximum absolute atomic E-state index is 9.83. The third-order valence-electron chi connectivity index (χ3n) is 1.55.